The van der Waals surface area contributed by atoms with E-state index in [-0.39, 0.29) is 5.28 Å². The Morgan fingerprint density at radius 3 is 2.52 bits per heavy atom. The van der Waals surface area contributed by atoms with E-state index < -0.39 is 23.2 Å². The van der Waals surface area contributed by atoms with Crippen molar-refractivity contribution in [3.05, 3.63) is 57.5 Å². The standard InChI is InChI=1S/C17H18BrClN2O2/c1-17(2,3)14(15(22)23)13(10-5-4-6-11(18)9-10)12-7-8-20-16(19)21-12/h4-9,13-14H,1-3H3,(H,22,23). The number of hydrogen-bond acceptors (Lipinski definition) is 3. The largest absolute Gasteiger partial charge is 0.481 e. The molecule has 0 spiro atoms. The molecule has 1 heterocycles. The summed E-state index contributed by atoms with van der Waals surface area (Å²) in [6, 6.07) is 9.34. The molecule has 4 nitrogen and oxygen atoms in total. The van der Waals surface area contributed by atoms with E-state index in [2.05, 4.69) is 25.9 Å². The number of aliphatic carboxylic acids is 1. The minimum atomic E-state index is -0.864. The summed E-state index contributed by atoms with van der Waals surface area (Å²) in [6.07, 6.45) is 1.55. The van der Waals surface area contributed by atoms with Crippen LogP contribution in [0.5, 0.6) is 0 Å². The molecule has 122 valence electrons. The maximum Gasteiger partial charge on any atom is 0.308 e. The first kappa shape index (κ1) is 17.9. The highest BCUT2D eigenvalue weighted by Crippen LogP contribution is 2.42. The van der Waals surface area contributed by atoms with E-state index in [1.807, 2.05) is 45.0 Å². The van der Waals surface area contributed by atoms with Gasteiger partial charge >= 0.3 is 5.97 Å². The fourth-order valence-electron chi connectivity index (χ4n) is 2.77. The lowest BCUT2D eigenvalue weighted by Crippen LogP contribution is -2.35. The van der Waals surface area contributed by atoms with Crippen molar-refractivity contribution in [1.82, 2.24) is 9.97 Å². The number of benzene rings is 1. The van der Waals surface area contributed by atoms with Crippen LogP contribution in [0.2, 0.25) is 5.28 Å². The highest BCUT2D eigenvalue weighted by atomic mass is 79.9. The number of carboxylic acids is 1. The second kappa shape index (κ2) is 6.97. The van der Waals surface area contributed by atoms with Gasteiger partial charge < -0.3 is 5.11 Å². The first-order valence-corrected chi connectivity index (χ1v) is 8.34. The molecule has 1 N–H and O–H groups in total. The Labute approximate surface area is 149 Å². The lowest BCUT2D eigenvalue weighted by Gasteiger charge is -2.34. The molecule has 0 saturated heterocycles. The zero-order chi connectivity index (χ0) is 17.2. The third kappa shape index (κ3) is 4.30. The lowest BCUT2D eigenvalue weighted by atomic mass is 9.69. The number of halogens is 2. The fourth-order valence-corrected chi connectivity index (χ4v) is 3.34. The molecule has 0 aliphatic rings. The van der Waals surface area contributed by atoms with E-state index >= 15 is 0 Å². The van der Waals surface area contributed by atoms with Crippen molar-refractivity contribution < 1.29 is 9.90 Å². The van der Waals surface area contributed by atoms with E-state index in [0.29, 0.717) is 5.69 Å². The first-order chi connectivity index (χ1) is 10.7. The SMILES string of the molecule is CC(C)(C)C(C(=O)O)C(c1cccc(Br)c1)c1ccnc(Cl)n1. The average Bonchev–Trinajstić information content (AvgIpc) is 2.42. The molecule has 2 atom stereocenters. The van der Waals surface area contributed by atoms with Gasteiger partial charge in [0.15, 0.2) is 0 Å². The molecule has 0 radical (unpaired) electrons. The van der Waals surface area contributed by atoms with Gasteiger partial charge in [-0.25, -0.2) is 9.97 Å². The molecule has 0 aliphatic heterocycles. The molecule has 2 rings (SSSR count). The Hall–Kier alpha value is -1.46. The van der Waals surface area contributed by atoms with Crippen LogP contribution < -0.4 is 0 Å². The van der Waals surface area contributed by atoms with E-state index in [1.54, 1.807) is 12.3 Å². The van der Waals surface area contributed by atoms with E-state index in [4.69, 9.17) is 11.6 Å². The van der Waals surface area contributed by atoms with E-state index in [1.165, 1.54) is 0 Å². The van der Waals surface area contributed by atoms with Crippen LogP contribution in [-0.4, -0.2) is 21.0 Å². The van der Waals surface area contributed by atoms with Crippen LogP contribution in [-0.2, 0) is 4.79 Å². The van der Waals surface area contributed by atoms with Gasteiger partial charge in [0, 0.05) is 16.6 Å². The van der Waals surface area contributed by atoms with Gasteiger partial charge in [-0.3, -0.25) is 4.79 Å². The van der Waals surface area contributed by atoms with Crippen LogP contribution in [0.15, 0.2) is 41.0 Å². The highest BCUT2D eigenvalue weighted by molar-refractivity contribution is 9.10. The number of carboxylic acid groups (broad SMARTS) is 1. The molecule has 6 heteroatoms. The lowest BCUT2D eigenvalue weighted by molar-refractivity contribution is -0.146. The van der Waals surface area contributed by atoms with E-state index in [9.17, 15) is 9.90 Å². The normalized spacial score (nSPS) is 14.3. The smallest absolute Gasteiger partial charge is 0.308 e. The van der Waals surface area contributed by atoms with Crippen LogP contribution in [0.25, 0.3) is 0 Å². The number of aromatic nitrogens is 2. The molecule has 1 aromatic heterocycles. The molecule has 23 heavy (non-hydrogen) atoms. The minimum Gasteiger partial charge on any atom is -0.481 e. The van der Waals surface area contributed by atoms with Gasteiger partial charge in [0.25, 0.3) is 0 Å². The third-order valence-corrected chi connectivity index (χ3v) is 4.38. The summed E-state index contributed by atoms with van der Waals surface area (Å²) in [5.41, 5.74) is 1.01. The maximum absolute atomic E-state index is 12.0. The summed E-state index contributed by atoms with van der Waals surface area (Å²) < 4.78 is 0.887. The average molecular weight is 398 g/mol. The van der Waals surface area contributed by atoms with Crippen molar-refractivity contribution in [2.45, 2.75) is 26.7 Å². The number of nitrogens with zero attached hydrogens (tertiary/aromatic N) is 2. The van der Waals surface area contributed by atoms with Crippen molar-refractivity contribution in [2.75, 3.05) is 0 Å². The molecular formula is C17H18BrClN2O2. The Morgan fingerprint density at radius 2 is 2.00 bits per heavy atom. The van der Waals surface area contributed by atoms with Gasteiger partial charge in [-0.05, 0) is 40.8 Å². The topological polar surface area (TPSA) is 63.1 Å². The Bertz CT molecular complexity index is 670. The van der Waals surface area contributed by atoms with Crippen molar-refractivity contribution in [3.63, 3.8) is 0 Å². The van der Waals surface area contributed by atoms with Gasteiger partial charge in [-0.15, -0.1) is 0 Å². The molecule has 1 aromatic carbocycles. The second-order valence-electron chi connectivity index (χ2n) is 6.47. The number of hydrogen-bond donors (Lipinski definition) is 1. The molecule has 0 aliphatic carbocycles. The predicted octanol–water partition coefficient (Wildman–Crippen LogP) is 4.77. The van der Waals surface area contributed by atoms with Crippen molar-refractivity contribution in [3.8, 4) is 0 Å². The van der Waals surface area contributed by atoms with Gasteiger partial charge in [0.05, 0.1) is 11.6 Å². The van der Waals surface area contributed by atoms with Crippen LogP contribution in [0.4, 0.5) is 0 Å². The second-order valence-corrected chi connectivity index (χ2v) is 7.72. The van der Waals surface area contributed by atoms with Crippen molar-refractivity contribution in [2.24, 2.45) is 11.3 Å². The van der Waals surface area contributed by atoms with Gasteiger partial charge in [-0.1, -0.05) is 48.8 Å². The number of carbonyl (C=O) groups is 1. The molecule has 0 saturated carbocycles. The van der Waals surface area contributed by atoms with Crippen LogP contribution >= 0.6 is 27.5 Å². The van der Waals surface area contributed by atoms with Crippen LogP contribution in [0.1, 0.15) is 37.9 Å². The summed E-state index contributed by atoms with van der Waals surface area (Å²) in [5, 5.41) is 9.96. The van der Waals surface area contributed by atoms with Crippen molar-refractivity contribution in [1.29, 1.82) is 0 Å². The molecular weight excluding hydrogens is 380 g/mol. The van der Waals surface area contributed by atoms with Crippen LogP contribution in [0, 0.1) is 11.3 Å². The summed E-state index contributed by atoms with van der Waals surface area (Å²) in [7, 11) is 0. The maximum atomic E-state index is 12.0. The summed E-state index contributed by atoms with van der Waals surface area (Å²) in [6.45, 7) is 5.75. The summed E-state index contributed by atoms with van der Waals surface area (Å²) in [5.74, 6) is -1.95. The third-order valence-electron chi connectivity index (χ3n) is 3.71. The Balaban J connectivity index is 2.66. The fraction of sp³-hybridized carbons (Fsp3) is 0.353. The Kier molecular flexibility index (Phi) is 5.42. The minimum absolute atomic E-state index is 0.112. The van der Waals surface area contributed by atoms with E-state index in [0.717, 1.165) is 10.0 Å². The van der Waals surface area contributed by atoms with Gasteiger partial charge in [0.2, 0.25) is 5.28 Å². The number of rotatable bonds is 4. The zero-order valence-electron chi connectivity index (χ0n) is 13.1. The summed E-state index contributed by atoms with van der Waals surface area (Å²) in [4.78, 5) is 20.2. The van der Waals surface area contributed by atoms with Gasteiger partial charge in [-0.2, -0.15) is 0 Å². The monoisotopic (exact) mass is 396 g/mol. The highest BCUT2D eigenvalue weighted by Gasteiger charge is 2.40. The zero-order valence-corrected chi connectivity index (χ0v) is 15.5. The van der Waals surface area contributed by atoms with Crippen molar-refractivity contribution >= 4 is 33.5 Å². The first-order valence-electron chi connectivity index (χ1n) is 7.17. The molecule has 0 fully saturated rings. The van der Waals surface area contributed by atoms with Gasteiger partial charge in [0.1, 0.15) is 0 Å². The molecule has 2 aromatic rings. The molecule has 0 bridgehead atoms. The Morgan fingerprint density at radius 1 is 1.30 bits per heavy atom. The van der Waals surface area contributed by atoms with Crippen LogP contribution in [0.3, 0.4) is 0 Å². The molecule has 0 amide bonds. The molecule has 2 unspecified atom stereocenters. The quantitative estimate of drug-likeness (QED) is 0.755. The predicted molar refractivity (Wildman–Crippen MR) is 93.6 cm³/mol. The summed E-state index contributed by atoms with van der Waals surface area (Å²) >= 11 is 9.38.